The van der Waals surface area contributed by atoms with Crippen LogP contribution < -0.4 is 5.32 Å². The first-order valence-corrected chi connectivity index (χ1v) is 8.95. The number of benzene rings is 2. The Bertz CT molecular complexity index is 991. The van der Waals surface area contributed by atoms with E-state index in [1.165, 1.54) is 23.7 Å². The predicted octanol–water partition coefficient (Wildman–Crippen LogP) is 3.12. The van der Waals surface area contributed by atoms with Crippen molar-refractivity contribution < 1.29 is 14.0 Å². The molecule has 27 heavy (non-hydrogen) atoms. The highest BCUT2D eigenvalue weighted by molar-refractivity contribution is 8.00. The number of aromatic nitrogens is 4. The van der Waals surface area contributed by atoms with Gasteiger partial charge in [-0.15, -0.1) is 5.10 Å². The minimum absolute atomic E-state index is 0.0807. The van der Waals surface area contributed by atoms with Crippen molar-refractivity contribution in [3.05, 3.63) is 59.9 Å². The van der Waals surface area contributed by atoms with Gasteiger partial charge in [0.25, 0.3) is 0 Å². The molecule has 3 rings (SSSR count). The van der Waals surface area contributed by atoms with Gasteiger partial charge in [0.05, 0.1) is 10.9 Å². The lowest BCUT2D eigenvalue weighted by atomic mass is 10.1. The van der Waals surface area contributed by atoms with Crippen molar-refractivity contribution >= 4 is 29.1 Å². The molecule has 1 aromatic heterocycles. The Morgan fingerprint density at radius 2 is 1.96 bits per heavy atom. The third-order valence-electron chi connectivity index (χ3n) is 3.68. The van der Waals surface area contributed by atoms with Gasteiger partial charge in [0.1, 0.15) is 5.82 Å². The van der Waals surface area contributed by atoms with Gasteiger partial charge in [-0.2, -0.15) is 4.68 Å². The van der Waals surface area contributed by atoms with E-state index in [4.69, 9.17) is 0 Å². The number of ketones is 1. The molecule has 0 aliphatic rings. The van der Waals surface area contributed by atoms with E-state index in [0.29, 0.717) is 22.1 Å². The number of amides is 1. The standard InChI is InChI=1S/C18H16FN5O2S/c1-11(25)13-5-3-7-15(9-13)20-17(26)12(2)27-18-21-22-23-24(18)16-8-4-6-14(19)10-16/h3-10,12H,1-2H3,(H,20,26)/t12-/m0/s1. The number of halogens is 1. The molecule has 0 fully saturated rings. The zero-order chi connectivity index (χ0) is 19.4. The number of hydrogen-bond acceptors (Lipinski definition) is 6. The summed E-state index contributed by atoms with van der Waals surface area (Å²) in [6.07, 6.45) is 0. The van der Waals surface area contributed by atoms with Crippen LogP contribution in [-0.2, 0) is 4.79 Å². The second-order valence-corrected chi connectivity index (χ2v) is 7.05. The minimum Gasteiger partial charge on any atom is -0.325 e. The molecule has 0 saturated heterocycles. The molecule has 7 nitrogen and oxygen atoms in total. The van der Waals surface area contributed by atoms with E-state index < -0.39 is 11.1 Å². The van der Waals surface area contributed by atoms with Crippen LogP contribution in [0.25, 0.3) is 5.69 Å². The molecule has 0 saturated carbocycles. The normalized spacial score (nSPS) is 11.8. The molecule has 0 aliphatic carbocycles. The van der Waals surface area contributed by atoms with Gasteiger partial charge in [-0.1, -0.05) is 30.0 Å². The molecule has 1 atom stereocenters. The van der Waals surface area contributed by atoms with Crippen LogP contribution >= 0.6 is 11.8 Å². The van der Waals surface area contributed by atoms with Crippen LogP contribution in [0.5, 0.6) is 0 Å². The van der Waals surface area contributed by atoms with Crippen LogP contribution in [0.4, 0.5) is 10.1 Å². The third kappa shape index (κ3) is 4.56. The molecule has 0 bridgehead atoms. The van der Waals surface area contributed by atoms with Crippen LogP contribution in [0, 0.1) is 5.82 Å². The van der Waals surface area contributed by atoms with Crippen LogP contribution in [-0.4, -0.2) is 37.1 Å². The number of carbonyl (C=O) groups excluding carboxylic acids is 2. The summed E-state index contributed by atoms with van der Waals surface area (Å²) in [5.74, 6) is -0.757. The average molecular weight is 385 g/mol. The molecule has 1 amide bonds. The quantitative estimate of drug-likeness (QED) is 0.518. The Morgan fingerprint density at radius 3 is 2.70 bits per heavy atom. The topological polar surface area (TPSA) is 89.8 Å². The zero-order valence-electron chi connectivity index (χ0n) is 14.6. The summed E-state index contributed by atoms with van der Waals surface area (Å²) < 4.78 is 14.8. The van der Waals surface area contributed by atoms with E-state index in [1.54, 1.807) is 43.3 Å². The van der Waals surface area contributed by atoms with Gasteiger partial charge in [-0.05, 0) is 54.6 Å². The van der Waals surface area contributed by atoms with Gasteiger partial charge < -0.3 is 5.32 Å². The Balaban J connectivity index is 1.72. The number of thioether (sulfide) groups is 1. The lowest BCUT2D eigenvalue weighted by molar-refractivity contribution is -0.115. The molecular formula is C18H16FN5O2S. The summed E-state index contributed by atoms with van der Waals surface area (Å²) in [4.78, 5) is 23.9. The lowest BCUT2D eigenvalue weighted by Crippen LogP contribution is -2.23. The Morgan fingerprint density at radius 1 is 1.19 bits per heavy atom. The summed E-state index contributed by atoms with van der Waals surface area (Å²) >= 11 is 1.14. The first-order chi connectivity index (χ1) is 12.9. The Labute approximate surface area is 159 Å². The summed E-state index contributed by atoms with van der Waals surface area (Å²) in [6.45, 7) is 3.17. The van der Waals surface area contributed by atoms with E-state index in [9.17, 15) is 14.0 Å². The highest BCUT2D eigenvalue weighted by Crippen LogP contribution is 2.24. The molecule has 0 radical (unpaired) electrons. The second kappa shape index (κ2) is 8.09. The van der Waals surface area contributed by atoms with Crippen molar-refractivity contribution in [3.63, 3.8) is 0 Å². The van der Waals surface area contributed by atoms with Gasteiger partial charge in [-0.25, -0.2) is 4.39 Å². The molecule has 0 unspecified atom stereocenters. The summed E-state index contributed by atoms with van der Waals surface area (Å²) in [5.41, 5.74) is 1.51. The fourth-order valence-corrected chi connectivity index (χ4v) is 3.10. The fourth-order valence-electron chi connectivity index (χ4n) is 2.29. The van der Waals surface area contributed by atoms with Gasteiger partial charge in [0.2, 0.25) is 11.1 Å². The number of rotatable bonds is 6. The maximum Gasteiger partial charge on any atom is 0.237 e. The molecule has 3 aromatic rings. The number of Topliss-reactive ketones (excluding diaryl/α,β-unsaturated/α-hetero) is 1. The van der Waals surface area contributed by atoms with Crippen molar-refractivity contribution in [1.82, 2.24) is 20.2 Å². The van der Waals surface area contributed by atoms with Crippen molar-refractivity contribution in [2.24, 2.45) is 0 Å². The first-order valence-electron chi connectivity index (χ1n) is 8.07. The summed E-state index contributed by atoms with van der Waals surface area (Å²) in [5, 5.41) is 14.0. The van der Waals surface area contributed by atoms with E-state index >= 15 is 0 Å². The van der Waals surface area contributed by atoms with Crippen LogP contribution in [0.2, 0.25) is 0 Å². The van der Waals surface area contributed by atoms with Gasteiger partial charge in [-0.3, -0.25) is 9.59 Å². The summed E-state index contributed by atoms with van der Waals surface area (Å²) in [6, 6.07) is 12.6. The third-order valence-corrected chi connectivity index (χ3v) is 4.71. The molecule has 2 aromatic carbocycles. The van der Waals surface area contributed by atoms with Crippen molar-refractivity contribution in [1.29, 1.82) is 0 Å². The van der Waals surface area contributed by atoms with Crippen LogP contribution in [0.1, 0.15) is 24.2 Å². The Hall–Kier alpha value is -3.07. The van der Waals surface area contributed by atoms with E-state index in [1.807, 2.05) is 0 Å². The van der Waals surface area contributed by atoms with Gasteiger partial charge >= 0.3 is 0 Å². The zero-order valence-corrected chi connectivity index (χ0v) is 15.4. The van der Waals surface area contributed by atoms with Crippen molar-refractivity contribution in [2.45, 2.75) is 24.3 Å². The molecule has 1 heterocycles. The van der Waals surface area contributed by atoms with Gasteiger partial charge in [0, 0.05) is 11.3 Å². The molecule has 9 heteroatoms. The maximum absolute atomic E-state index is 13.4. The van der Waals surface area contributed by atoms with Crippen molar-refractivity contribution in [2.75, 3.05) is 5.32 Å². The smallest absolute Gasteiger partial charge is 0.237 e. The Kier molecular flexibility index (Phi) is 5.60. The molecule has 0 aliphatic heterocycles. The number of anilines is 1. The average Bonchev–Trinajstić information content (AvgIpc) is 3.10. The number of nitrogens with one attached hydrogen (secondary N) is 1. The molecule has 1 N–H and O–H groups in total. The second-order valence-electron chi connectivity index (χ2n) is 5.74. The molecular weight excluding hydrogens is 369 g/mol. The van der Waals surface area contributed by atoms with E-state index in [2.05, 4.69) is 20.8 Å². The summed E-state index contributed by atoms with van der Waals surface area (Å²) in [7, 11) is 0. The van der Waals surface area contributed by atoms with Crippen molar-refractivity contribution in [3.8, 4) is 5.69 Å². The predicted molar refractivity (Wildman–Crippen MR) is 99.5 cm³/mol. The lowest BCUT2D eigenvalue weighted by Gasteiger charge is -2.12. The van der Waals surface area contributed by atoms with Crippen LogP contribution in [0.15, 0.2) is 53.7 Å². The highest BCUT2D eigenvalue weighted by atomic mass is 32.2. The number of nitrogens with zero attached hydrogens (tertiary/aromatic N) is 4. The maximum atomic E-state index is 13.4. The fraction of sp³-hybridized carbons (Fsp3) is 0.167. The number of carbonyl (C=O) groups is 2. The van der Waals surface area contributed by atoms with E-state index in [-0.39, 0.29) is 11.7 Å². The highest BCUT2D eigenvalue weighted by Gasteiger charge is 2.19. The number of tetrazole rings is 1. The SMILES string of the molecule is CC(=O)c1cccc(NC(=O)[C@H](C)Sc2nnnn2-c2cccc(F)c2)c1. The molecule has 138 valence electrons. The monoisotopic (exact) mass is 385 g/mol. The molecule has 0 spiro atoms. The van der Waals surface area contributed by atoms with Gasteiger partial charge in [0.15, 0.2) is 5.78 Å². The first kappa shape index (κ1) is 18.7. The largest absolute Gasteiger partial charge is 0.325 e. The van der Waals surface area contributed by atoms with E-state index in [0.717, 1.165) is 11.8 Å². The number of hydrogen-bond donors (Lipinski definition) is 1. The minimum atomic E-state index is -0.524. The van der Waals surface area contributed by atoms with Crippen LogP contribution in [0.3, 0.4) is 0 Å².